The molecular formula is C15H30N2OS. The summed E-state index contributed by atoms with van der Waals surface area (Å²) in [6.45, 7) is 7.98. The molecule has 0 aromatic rings. The third-order valence-corrected chi connectivity index (χ3v) is 4.28. The highest BCUT2D eigenvalue weighted by atomic mass is 32.1. The summed E-state index contributed by atoms with van der Waals surface area (Å²) in [7, 11) is 1.73. The van der Waals surface area contributed by atoms with Crippen molar-refractivity contribution in [3.8, 4) is 6.07 Å². The largest absolute Gasteiger partial charge is 0.383 e. The molecule has 0 saturated carbocycles. The highest BCUT2D eigenvalue weighted by Crippen LogP contribution is 2.32. The molecule has 0 saturated heterocycles. The zero-order valence-corrected chi connectivity index (χ0v) is 13.7. The number of hydrogen-bond acceptors (Lipinski definition) is 4. The minimum atomic E-state index is 0.288. The van der Waals surface area contributed by atoms with Crippen molar-refractivity contribution in [1.29, 1.82) is 5.26 Å². The molecule has 0 rings (SSSR count). The standard InChI is InChI=1S/C15H30N2OS/c1-4-7-15(14-19,8-5-2)13-17(10-6-9-16)11-12-18-3/h19H,4-8,10-14H2,1-3H3. The van der Waals surface area contributed by atoms with Crippen LogP contribution in [0.3, 0.4) is 0 Å². The van der Waals surface area contributed by atoms with Crippen LogP contribution in [0.5, 0.6) is 0 Å². The molecule has 0 spiro atoms. The van der Waals surface area contributed by atoms with E-state index in [0.717, 1.165) is 32.0 Å². The van der Waals surface area contributed by atoms with Crippen LogP contribution in [0.4, 0.5) is 0 Å². The molecule has 0 fully saturated rings. The van der Waals surface area contributed by atoms with Gasteiger partial charge in [0.2, 0.25) is 0 Å². The molecule has 0 unspecified atom stereocenters. The van der Waals surface area contributed by atoms with E-state index in [1.54, 1.807) is 7.11 Å². The molecule has 3 nitrogen and oxygen atoms in total. The molecule has 0 atom stereocenters. The van der Waals surface area contributed by atoms with Crippen LogP contribution in [0.2, 0.25) is 0 Å². The van der Waals surface area contributed by atoms with Crippen molar-refractivity contribution in [3.63, 3.8) is 0 Å². The normalized spacial score (nSPS) is 11.8. The summed E-state index contributed by atoms with van der Waals surface area (Å²) in [6, 6.07) is 2.24. The van der Waals surface area contributed by atoms with Crippen molar-refractivity contribution in [1.82, 2.24) is 4.90 Å². The number of methoxy groups -OCH3 is 1. The van der Waals surface area contributed by atoms with E-state index in [9.17, 15) is 0 Å². The van der Waals surface area contributed by atoms with E-state index >= 15 is 0 Å². The molecule has 0 radical (unpaired) electrons. The quantitative estimate of drug-likeness (QED) is 0.559. The zero-order valence-electron chi connectivity index (χ0n) is 12.8. The lowest BCUT2D eigenvalue weighted by Crippen LogP contribution is -2.41. The highest BCUT2D eigenvalue weighted by Gasteiger charge is 2.29. The van der Waals surface area contributed by atoms with Crippen LogP contribution in [-0.2, 0) is 4.74 Å². The van der Waals surface area contributed by atoms with Crippen LogP contribution >= 0.6 is 12.6 Å². The minimum absolute atomic E-state index is 0.288. The number of nitrogens with zero attached hydrogens (tertiary/aromatic N) is 2. The Morgan fingerprint density at radius 3 is 2.26 bits per heavy atom. The summed E-state index contributed by atoms with van der Waals surface area (Å²) in [5.41, 5.74) is 0.288. The van der Waals surface area contributed by atoms with E-state index in [1.807, 2.05) is 0 Å². The third kappa shape index (κ3) is 7.81. The third-order valence-electron chi connectivity index (χ3n) is 3.61. The first-order valence-electron chi connectivity index (χ1n) is 7.37. The van der Waals surface area contributed by atoms with Gasteiger partial charge in [0.1, 0.15) is 0 Å². The Hall–Kier alpha value is -0.240. The molecule has 4 heteroatoms. The van der Waals surface area contributed by atoms with Gasteiger partial charge in [0.15, 0.2) is 0 Å². The fraction of sp³-hybridized carbons (Fsp3) is 0.933. The lowest BCUT2D eigenvalue weighted by Gasteiger charge is -2.37. The van der Waals surface area contributed by atoms with Gasteiger partial charge in [0.25, 0.3) is 0 Å². The van der Waals surface area contributed by atoms with Gasteiger partial charge < -0.3 is 4.74 Å². The Kier molecular flexibility index (Phi) is 11.4. The van der Waals surface area contributed by atoms with Crippen molar-refractivity contribution in [2.45, 2.75) is 46.0 Å². The van der Waals surface area contributed by atoms with Crippen molar-refractivity contribution in [2.24, 2.45) is 5.41 Å². The molecule has 0 bridgehead atoms. The molecule has 0 aliphatic rings. The molecule has 19 heavy (non-hydrogen) atoms. The lowest BCUT2D eigenvalue weighted by atomic mass is 9.80. The van der Waals surface area contributed by atoms with E-state index in [1.165, 1.54) is 25.7 Å². The average molecular weight is 286 g/mol. The van der Waals surface area contributed by atoms with Gasteiger partial charge in [-0.15, -0.1) is 0 Å². The van der Waals surface area contributed by atoms with Crippen molar-refractivity contribution >= 4 is 12.6 Å². The van der Waals surface area contributed by atoms with Crippen LogP contribution in [-0.4, -0.2) is 44.0 Å². The molecule has 112 valence electrons. The fourth-order valence-electron chi connectivity index (χ4n) is 2.72. The summed E-state index contributed by atoms with van der Waals surface area (Å²) in [5, 5.41) is 8.78. The van der Waals surface area contributed by atoms with Gasteiger partial charge >= 0.3 is 0 Å². The van der Waals surface area contributed by atoms with Crippen LogP contribution in [0.25, 0.3) is 0 Å². The van der Waals surface area contributed by atoms with Gasteiger partial charge in [-0.2, -0.15) is 17.9 Å². The zero-order chi connectivity index (χ0) is 14.6. The van der Waals surface area contributed by atoms with Crippen LogP contribution < -0.4 is 0 Å². The first-order valence-corrected chi connectivity index (χ1v) is 8.00. The molecule has 0 amide bonds. The molecule has 0 heterocycles. The summed E-state index contributed by atoms with van der Waals surface area (Å²) in [5.74, 6) is 0.921. The van der Waals surface area contributed by atoms with E-state index in [4.69, 9.17) is 10.00 Å². The second-order valence-electron chi connectivity index (χ2n) is 5.34. The van der Waals surface area contributed by atoms with Gasteiger partial charge in [0.05, 0.1) is 12.7 Å². The van der Waals surface area contributed by atoms with Gasteiger partial charge in [-0.1, -0.05) is 26.7 Å². The molecule has 0 aliphatic heterocycles. The second kappa shape index (κ2) is 11.6. The highest BCUT2D eigenvalue weighted by molar-refractivity contribution is 7.80. The van der Waals surface area contributed by atoms with Crippen molar-refractivity contribution in [2.75, 3.05) is 39.1 Å². The Morgan fingerprint density at radius 1 is 1.21 bits per heavy atom. The van der Waals surface area contributed by atoms with Crippen molar-refractivity contribution in [3.05, 3.63) is 0 Å². The fourth-order valence-corrected chi connectivity index (χ4v) is 3.14. The van der Waals surface area contributed by atoms with E-state index in [2.05, 4.69) is 37.4 Å². The maximum Gasteiger partial charge on any atom is 0.0635 e. The second-order valence-corrected chi connectivity index (χ2v) is 5.65. The first kappa shape index (κ1) is 18.8. The topological polar surface area (TPSA) is 36.3 Å². The molecule has 0 aromatic heterocycles. The van der Waals surface area contributed by atoms with Gasteiger partial charge in [-0.05, 0) is 24.0 Å². The Balaban J connectivity index is 4.63. The predicted octanol–water partition coefficient (Wildman–Crippen LogP) is 3.36. The number of rotatable bonds is 12. The smallest absolute Gasteiger partial charge is 0.0635 e. The van der Waals surface area contributed by atoms with Crippen molar-refractivity contribution < 1.29 is 4.74 Å². The monoisotopic (exact) mass is 286 g/mol. The van der Waals surface area contributed by atoms with Crippen LogP contribution in [0.1, 0.15) is 46.0 Å². The number of hydrogen-bond donors (Lipinski definition) is 1. The Labute approximate surface area is 124 Å². The summed E-state index contributed by atoms with van der Waals surface area (Å²) in [6.07, 6.45) is 5.39. The van der Waals surface area contributed by atoms with Crippen LogP contribution in [0, 0.1) is 16.7 Å². The van der Waals surface area contributed by atoms with Crippen LogP contribution in [0.15, 0.2) is 0 Å². The molecule has 0 aromatic carbocycles. The minimum Gasteiger partial charge on any atom is -0.383 e. The molecule has 0 aliphatic carbocycles. The molecule has 0 N–H and O–H groups in total. The first-order chi connectivity index (χ1) is 9.17. The Bertz CT molecular complexity index is 247. The summed E-state index contributed by atoms with van der Waals surface area (Å²) < 4.78 is 5.18. The molecular weight excluding hydrogens is 256 g/mol. The summed E-state index contributed by atoms with van der Waals surface area (Å²) in [4.78, 5) is 2.37. The number of ether oxygens (including phenoxy) is 1. The maximum atomic E-state index is 8.78. The van der Waals surface area contributed by atoms with Gasteiger partial charge in [-0.3, -0.25) is 4.90 Å². The Morgan fingerprint density at radius 2 is 1.84 bits per heavy atom. The number of nitriles is 1. The van der Waals surface area contributed by atoms with E-state index < -0.39 is 0 Å². The average Bonchev–Trinajstić information content (AvgIpc) is 2.42. The lowest BCUT2D eigenvalue weighted by molar-refractivity contribution is 0.106. The predicted molar refractivity (Wildman–Crippen MR) is 84.6 cm³/mol. The van der Waals surface area contributed by atoms with E-state index in [0.29, 0.717) is 6.42 Å². The van der Waals surface area contributed by atoms with Gasteiger partial charge in [-0.25, -0.2) is 0 Å². The summed E-state index contributed by atoms with van der Waals surface area (Å²) >= 11 is 4.60. The maximum absolute atomic E-state index is 8.78. The SMILES string of the molecule is CCCC(CS)(CCC)CN(CCC#N)CCOC. The number of thiol groups is 1. The van der Waals surface area contributed by atoms with Gasteiger partial charge in [0, 0.05) is 33.2 Å². The van der Waals surface area contributed by atoms with E-state index in [-0.39, 0.29) is 5.41 Å².